The number of rotatable bonds is 5. The summed E-state index contributed by atoms with van der Waals surface area (Å²) in [6.45, 7) is 0. The molecule has 2 N–H and O–H groups in total. The number of benzene rings is 3. The number of hydrogen-bond acceptors (Lipinski definition) is 3. The van der Waals surface area contributed by atoms with E-state index < -0.39 is 23.8 Å². The molecule has 0 radical (unpaired) electrons. The van der Waals surface area contributed by atoms with Crippen LogP contribution in [-0.4, -0.2) is 16.2 Å². The van der Waals surface area contributed by atoms with E-state index >= 15 is 0 Å². The zero-order chi connectivity index (χ0) is 19.9. The molecular weight excluding hydrogens is 377 g/mol. The van der Waals surface area contributed by atoms with E-state index in [4.69, 9.17) is 0 Å². The third-order valence-corrected chi connectivity index (χ3v) is 4.39. The zero-order valence-electron chi connectivity index (χ0n) is 14.7. The number of halogens is 1. The largest absolute Gasteiger partial charge is 0.332 e. The average Bonchev–Trinajstić information content (AvgIpc) is 2.71. The molecule has 1 unspecified atom stereocenters. The number of hydrogen-bond donors (Lipinski definition) is 3. The van der Waals surface area contributed by atoms with Gasteiger partial charge in [-0.2, -0.15) is 0 Å². The lowest BCUT2D eigenvalue weighted by Crippen LogP contribution is -2.38. The highest BCUT2D eigenvalue weighted by Crippen LogP contribution is 2.26. The van der Waals surface area contributed by atoms with Gasteiger partial charge in [0.1, 0.15) is 11.9 Å². The predicted molar refractivity (Wildman–Crippen MR) is 110 cm³/mol. The van der Waals surface area contributed by atoms with Gasteiger partial charge in [-0.3, -0.25) is 9.10 Å². The van der Waals surface area contributed by atoms with Crippen LogP contribution < -0.4 is 10.6 Å². The molecular formula is C21H18FN3O2S. The molecule has 0 heterocycles. The van der Waals surface area contributed by atoms with E-state index in [1.807, 2.05) is 6.07 Å². The van der Waals surface area contributed by atoms with Gasteiger partial charge in [0.25, 0.3) is 5.91 Å². The first kappa shape index (κ1) is 19.4. The summed E-state index contributed by atoms with van der Waals surface area (Å²) < 4.78 is 14.8. The fourth-order valence-electron chi connectivity index (χ4n) is 2.62. The van der Waals surface area contributed by atoms with E-state index in [2.05, 4.69) is 23.4 Å². The Bertz CT molecular complexity index is 954. The summed E-state index contributed by atoms with van der Waals surface area (Å²) in [6.07, 6.45) is 0. The van der Waals surface area contributed by atoms with Crippen LogP contribution in [0.25, 0.3) is 0 Å². The highest BCUT2D eigenvalue weighted by Gasteiger charge is 2.30. The van der Waals surface area contributed by atoms with Crippen LogP contribution in [0.3, 0.4) is 0 Å². The minimum absolute atomic E-state index is 0.00169. The maximum Gasteiger partial charge on any atom is 0.332 e. The molecule has 0 saturated heterocycles. The molecule has 142 valence electrons. The molecule has 0 saturated carbocycles. The highest BCUT2D eigenvalue weighted by atomic mass is 32.1. The highest BCUT2D eigenvalue weighted by molar-refractivity contribution is 7.78. The van der Waals surface area contributed by atoms with E-state index in [9.17, 15) is 14.0 Å². The third-order valence-electron chi connectivity index (χ3n) is 3.97. The Hall–Kier alpha value is -3.32. The quantitative estimate of drug-likeness (QED) is 0.539. The fourth-order valence-corrected chi connectivity index (χ4v) is 2.91. The molecule has 0 aliphatic carbocycles. The topological polar surface area (TPSA) is 61.4 Å². The molecule has 3 amide bonds. The summed E-state index contributed by atoms with van der Waals surface area (Å²) in [6, 6.07) is 21.6. The van der Waals surface area contributed by atoms with Gasteiger partial charge in [-0.15, -0.1) is 0 Å². The number of carbonyl (C=O) groups excluding carboxylic acids is 2. The molecule has 5 nitrogen and oxygen atoms in total. The van der Waals surface area contributed by atoms with Crippen molar-refractivity contribution in [2.75, 3.05) is 10.6 Å². The van der Waals surface area contributed by atoms with Crippen molar-refractivity contribution >= 4 is 36.1 Å². The van der Waals surface area contributed by atoms with Gasteiger partial charge >= 0.3 is 6.03 Å². The van der Waals surface area contributed by atoms with Crippen LogP contribution in [0.1, 0.15) is 11.6 Å². The summed E-state index contributed by atoms with van der Waals surface area (Å²) >= 11 is 4.24. The van der Waals surface area contributed by atoms with Crippen LogP contribution in [0.2, 0.25) is 0 Å². The van der Waals surface area contributed by atoms with E-state index in [-0.39, 0.29) is 5.69 Å². The van der Waals surface area contributed by atoms with Crippen molar-refractivity contribution in [2.24, 2.45) is 0 Å². The first-order chi connectivity index (χ1) is 13.6. The van der Waals surface area contributed by atoms with Gasteiger partial charge in [-0.05, 0) is 29.8 Å². The number of nitrogens with one attached hydrogen (secondary N) is 2. The Morgan fingerprint density at radius 3 is 2.04 bits per heavy atom. The Morgan fingerprint density at radius 2 is 1.39 bits per heavy atom. The lowest BCUT2D eigenvalue weighted by Gasteiger charge is -2.26. The number of para-hydroxylation sites is 2. The van der Waals surface area contributed by atoms with Crippen molar-refractivity contribution < 1.29 is 14.0 Å². The number of thiol groups is 1. The lowest BCUT2D eigenvalue weighted by molar-refractivity contribution is -0.119. The number of amides is 3. The Labute approximate surface area is 167 Å². The van der Waals surface area contributed by atoms with Crippen molar-refractivity contribution in [2.45, 2.75) is 6.04 Å². The van der Waals surface area contributed by atoms with Crippen molar-refractivity contribution in [3.63, 3.8) is 0 Å². The van der Waals surface area contributed by atoms with Crippen molar-refractivity contribution in [3.8, 4) is 0 Å². The van der Waals surface area contributed by atoms with Crippen LogP contribution in [0.4, 0.5) is 20.6 Å². The summed E-state index contributed by atoms with van der Waals surface area (Å²) in [7, 11) is 0. The number of nitrogens with zero attached hydrogens (tertiary/aromatic N) is 1. The van der Waals surface area contributed by atoms with Gasteiger partial charge in [0.05, 0.1) is 5.69 Å². The summed E-state index contributed by atoms with van der Waals surface area (Å²) in [5.41, 5.74) is 1.15. The standard InChI is InChI=1S/C21H18FN3O2S/c22-17-13-7-8-14-18(17)24-21(27)25(28)19(15-9-3-1-4-10-15)20(26)23-16-11-5-2-6-12-16/h1-14,19,28H,(H,23,26)(H,24,27). The maximum absolute atomic E-state index is 13.8. The molecule has 1 atom stereocenters. The second kappa shape index (κ2) is 9.05. The molecule has 3 aromatic carbocycles. The minimum atomic E-state index is -1.03. The van der Waals surface area contributed by atoms with Gasteiger partial charge in [-0.1, -0.05) is 73.5 Å². The minimum Gasteiger partial charge on any atom is -0.324 e. The van der Waals surface area contributed by atoms with Gasteiger partial charge in [0.2, 0.25) is 0 Å². The molecule has 0 spiro atoms. The molecule has 0 bridgehead atoms. The van der Waals surface area contributed by atoms with Gasteiger partial charge in [0, 0.05) is 5.69 Å². The normalized spacial score (nSPS) is 11.4. The average molecular weight is 395 g/mol. The van der Waals surface area contributed by atoms with Crippen LogP contribution in [0.5, 0.6) is 0 Å². The van der Waals surface area contributed by atoms with Gasteiger partial charge in [0.15, 0.2) is 0 Å². The number of anilines is 2. The monoisotopic (exact) mass is 395 g/mol. The van der Waals surface area contributed by atoms with Gasteiger partial charge in [-0.25, -0.2) is 9.18 Å². The Kier molecular flexibility index (Phi) is 6.29. The van der Waals surface area contributed by atoms with E-state index in [0.29, 0.717) is 11.3 Å². The number of carbonyl (C=O) groups is 2. The van der Waals surface area contributed by atoms with Crippen LogP contribution in [0, 0.1) is 5.82 Å². The molecule has 0 aliphatic heterocycles. The first-order valence-corrected chi connectivity index (χ1v) is 8.91. The second-order valence-electron chi connectivity index (χ2n) is 5.92. The van der Waals surface area contributed by atoms with E-state index in [0.717, 1.165) is 4.31 Å². The van der Waals surface area contributed by atoms with E-state index in [1.54, 1.807) is 60.7 Å². The fraction of sp³-hybridized carbons (Fsp3) is 0.0476. The van der Waals surface area contributed by atoms with Gasteiger partial charge < -0.3 is 10.6 Å². The molecule has 0 fully saturated rings. The molecule has 28 heavy (non-hydrogen) atoms. The lowest BCUT2D eigenvalue weighted by atomic mass is 10.1. The summed E-state index contributed by atoms with van der Waals surface area (Å²) in [5.74, 6) is -1.03. The van der Waals surface area contributed by atoms with E-state index in [1.165, 1.54) is 18.2 Å². The molecule has 3 aromatic rings. The molecule has 0 aromatic heterocycles. The van der Waals surface area contributed by atoms with Crippen LogP contribution in [-0.2, 0) is 4.79 Å². The molecule has 0 aliphatic rings. The van der Waals surface area contributed by atoms with Crippen molar-refractivity contribution in [3.05, 3.63) is 96.3 Å². The van der Waals surface area contributed by atoms with Crippen LogP contribution >= 0.6 is 12.8 Å². The molecule has 3 rings (SSSR count). The summed E-state index contributed by atoms with van der Waals surface area (Å²) in [5, 5.41) is 5.20. The zero-order valence-corrected chi connectivity index (χ0v) is 15.6. The predicted octanol–water partition coefficient (Wildman–Crippen LogP) is 4.88. The smallest absolute Gasteiger partial charge is 0.324 e. The third kappa shape index (κ3) is 4.69. The SMILES string of the molecule is O=C(Nc1ccccc1)C(c1ccccc1)N(S)C(=O)Nc1ccccc1F. The first-order valence-electron chi connectivity index (χ1n) is 8.51. The van der Waals surface area contributed by atoms with Crippen molar-refractivity contribution in [1.29, 1.82) is 0 Å². The molecule has 7 heteroatoms. The number of urea groups is 1. The summed E-state index contributed by atoms with van der Waals surface area (Å²) in [4.78, 5) is 25.6. The van der Waals surface area contributed by atoms with Crippen LogP contribution in [0.15, 0.2) is 84.9 Å². The van der Waals surface area contributed by atoms with Crippen molar-refractivity contribution in [1.82, 2.24) is 4.31 Å². The Balaban J connectivity index is 1.84. The second-order valence-corrected chi connectivity index (χ2v) is 6.35. The Morgan fingerprint density at radius 1 is 0.821 bits per heavy atom. The maximum atomic E-state index is 13.8.